The lowest BCUT2D eigenvalue weighted by atomic mass is 10.1. The van der Waals surface area contributed by atoms with Crippen molar-refractivity contribution in [2.24, 2.45) is 0 Å². The second kappa shape index (κ2) is 9.51. The molecule has 0 radical (unpaired) electrons. The number of nitrogens with one attached hydrogen (secondary N) is 2. The van der Waals surface area contributed by atoms with Gasteiger partial charge in [0.2, 0.25) is 5.78 Å². The van der Waals surface area contributed by atoms with Crippen LogP contribution in [0.15, 0.2) is 60.9 Å². The van der Waals surface area contributed by atoms with Gasteiger partial charge in [0.15, 0.2) is 6.61 Å². The molecule has 2 N–H and O–H groups in total. The molecule has 0 saturated carbocycles. The Balaban J connectivity index is 1.69. The highest BCUT2D eigenvalue weighted by Gasteiger charge is 2.36. The number of aromatic amines is 1. The zero-order valence-electron chi connectivity index (χ0n) is 17.0. The predicted octanol–water partition coefficient (Wildman–Crippen LogP) is 4.83. The number of anilines is 1. The fraction of sp³-hybridized carbons (Fsp3) is 0.174. The first kappa shape index (κ1) is 22.8. The van der Waals surface area contributed by atoms with E-state index in [4.69, 9.17) is 4.74 Å². The van der Waals surface area contributed by atoms with E-state index in [0.717, 1.165) is 29.1 Å². The molecule has 166 valence electrons. The second-order valence-electron chi connectivity index (χ2n) is 6.78. The number of H-pyrrole nitrogens is 1. The third-order valence-electron chi connectivity index (χ3n) is 4.72. The van der Waals surface area contributed by atoms with Crippen LogP contribution in [0.5, 0.6) is 0 Å². The van der Waals surface area contributed by atoms with E-state index in [-0.39, 0.29) is 11.3 Å². The van der Waals surface area contributed by atoms with Gasteiger partial charge in [0, 0.05) is 34.9 Å². The number of allylic oxidation sites excluding steroid dienone is 1. The number of hydrogen-bond donors (Lipinski definition) is 2. The summed E-state index contributed by atoms with van der Waals surface area (Å²) in [5.74, 6) is -3.29. The van der Waals surface area contributed by atoms with Crippen molar-refractivity contribution in [3.8, 4) is 0 Å². The van der Waals surface area contributed by atoms with Crippen molar-refractivity contribution in [1.82, 2.24) is 4.98 Å². The fourth-order valence-corrected chi connectivity index (χ4v) is 3.12. The van der Waals surface area contributed by atoms with E-state index in [1.807, 2.05) is 19.1 Å². The minimum Gasteiger partial charge on any atom is -0.454 e. The average molecular weight is 444 g/mol. The normalized spacial score (nSPS) is 11.6. The largest absolute Gasteiger partial charge is 0.454 e. The average Bonchev–Trinajstić information content (AvgIpc) is 3.21. The maximum atomic E-state index is 12.6. The Labute approximate surface area is 181 Å². The molecule has 1 heterocycles. The number of benzene rings is 2. The molecule has 3 rings (SSSR count). The smallest absolute Gasteiger partial charge is 0.454 e. The molecular weight excluding hydrogens is 425 g/mol. The van der Waals surface area contributed by atoms with Crippen LogP contribution in [0, 0.1) is 0 Å². The summed E-state index contributed by atoms with van der Waals surface area (Å²) in [6, 6.07) is 11.5. The molecule has 0 amide bonds. The van der Waals surface area contributed by atoms with Crippen LogP contribution in [-0.4, -0.2) is 35.3 Å². The van der Waals surface area contributed by atoms with Crippen molar-refractivity contribution in [3.05, 3.63) is 77.6 Å². The van der Waals surface area contributed by atoms with Crippen LogP contribution in [0.25, 0.3) is 10.9 Å². The summed E-state index contributed by atoms with van der Waals surface area (Å²) < 4.78 is 42.0. The van der Waals surface area contributed by atoms with Crippen LogP contribution in [0.3, 0.4) is 0 Å². The van der Waals surface area contributed by atoms with Gasteiger partial charge in [-0.05, 0) is 24.1 Å². The first-order chi connectivity index (χ1) is 15.2. The zero-order chi connectivity index (χ0) is 23.3. The van der Waals surface area contributed by atoms with Gasteiger partial charge in [-0.25, -0.2) is 4.79 Å². The number of fused-ring (bicyclic) bond motifs is 1. The van der Waals surface area contributed by atoms with E-state index in [2.05, 4.69) is 10.3 Å². The van der Waals surface area contributed by atoms with Crippen LogP contribution >= 0.6 is 0 Å². The number of aromatic nitrogens is 1. The highest BCUT2D eigenvalue weighted by Crippen LogP contribution is 2.23. The fourth-order valence-electron chi connectivity index (χ4n) is 3.12. The SMILES string of the molecule is CCc1cccc2c(C(=O)COC(=O)c3ccccc3NC=CC(=O)C(F)(F)F)c[nH]c12. The van der Waals surface area contributed by atoms with Crippen molar-refractivity contribution in [1.29, 1.82) is 0 Å². The standard InChI is InChI=1S/C23H19F3N2O4/c1-2-14-6-5-8-15-17(12-28-21(14)15)19(29)13-32-22(31)16-7-3-4-9-18(16)27-11-10-20(30)23(24,25)26/h3-12,27-28H,2,13H2,1H3. The zero-order valence-corrected chi connectivity index (χ0v) is 17.0. The van der Waals surface area contributed by atoms with Crippen molar-refractivity contribution in [2.75, 3.05) is 11.9 Å². The lowest BCUT2D eigenvalue weighted by molar-refractivity contribution is -0.165. The summed E-state index contributed by atoms with van der Waals surface area (Å²) in [4.78, 5) is 39.1. The number of carbonyl (C=O) groups excluding carboxylic acids is 3. The molecular formula is C23H19F3N2O4. The lowest BCUT2D eigenvalue weighted by Crippen LogP contribution is -2.20. The van der Waals surface area contributed by atoms with Crippen LogP contribution < -0.4 is 5.32 Å². The molecule has 0 spiro atoms. The maximum absolute atomic E-state index is 12.6. The number of ketones is 2. The van der Waals surface area contributed by atoms with Gasteiger partial charge >= 0.3 is 12.1 Å². The van der Waals surface area contributed by atoms with Crippen molar-refractivity contribution < 1.29 is 32.3 Å². The third-order valence-corrected chi connectivity index (χ3v) is 4.72. The summed E-state index contributed by atoms with van der Waals surface area (Å²) in [5.41, 5.74) is 2.41. The summed E-state index contributed by atoms with van der Waals surface area (Å²) in [5, 5.41) is 3.19. The first-order valence-electron chi connectivity index (χ1n) is 9.65. The van der Waals surface area contributed by atoms with Crippen molar-refractivity contribution in [2.45, 2.75) is 19.5 Å². The van der Waals surface area contributed by atoms with Crippen LogP contribution in [0.2, 0.25) is 0 Å². The van der Waals surface area contributed by atoms with E-state index in [0.29, 0.717) is 11.6 Å². The number of halogens is 3. The topological polar surface area (TPSA) is 88.3 Å². The molecule has 6 nitrogen and oxygen atoms in total. The van der Waals surface area contributed by atoms with Gasteiger partial charge in [0.25, 0.3) is 5.78 Å². The van der Waals surface area contributed by atoms with Gasteiger partial charge in [-0.2, -0.15) is 13.2 Å². The molecule has 2 aromatic carbocycles. The van der Waals surface area contributed by atoms with E-state index in [9.17, 15) is 27.6 Å². The molecule has 0 aliphatic rings. The van der Waals surface area contributed by atoms with E-state index >= 15 is 0 Å². The molecule has 3 aromatic rings. The number of aryl methyl sites for hydroxylation is 1. The number of esters is 1. The Bertz CT molecular complexity index is 1200. The number of hydrogen-bond acceptors (Lipinski definition) is 5. The number of para-hydroxylation sites is 2. The molecule has 0 atom stereocenters. The Hall–Kier alpha value is -3.88. The molecule has 32 heavy (non-hydrogen) atoms. The van der Waals surface area contributed by atoms with Crippen LogP contribution in [0.4, 0.5) is 18.9 Å². The van der Waals surface area contributed by atoms with Crippen LogP contribution in [-0.2, 0) is 16.0 Å². The van der Waals surface area contributed by atoms with E-state index in [1.165, 1.54) is 18.2 Å². The maximum Gasteiger partial charge on any atom is 0.454 e. The minimum atomic E-state index is -4.99. The Kier molecular flexibility index (Phi) is 6.77. The second-order valence-corrected chi connectivity index (χ2v) is 6.78. The summed E-state index contributed by atoms with van der Waals surface area (Å²) in [6.45, 7) is 1.48. The van der Waals surface area contributed by atoms with Crippen LogP contribution in [0.1, 0.15) is 33.2 Å². The summed E-state index contributed by atoms with van der Waals surface area (Å²) in [7, 11) is 0. The van der Waals surface area contributed by atoms with E-state index < -0.39 is 30.3 Å². The third kappa shape index (κ3) is 5.05. The molecule has 0 aliphatic heterocycles. The first-order valence-corrected chi connectivity index (χ1v) is 9.65. The molecule has 0 fully saturated rings. The van der Waals surface area contributed by atoms with Gasteiger partial charge < -0.3 is 15.0 Å². The lowest BCUT2D eigenvalue weighted by Gasteiger charge is -2.09. The number of rotatable bonds is 8. The number of carbonyl (C=O) groups is 3. The van der Waals surface area contributed by atoms with Gasteiger partial charge in [-0.15, -0.1) is 0 Å². The number of Topliss-reactive ketones (excluding diaryl/α,β-unsaturated/α-hetero) is 1. The van der Waals surface area contributed by atoms with Gasteiger partial charge in [0.1, 0.15) is 0 Å². The molecule has 0 bridgehead atoms. The van der Waals surface area contributed by atoms with Gasteiger partial charge in [-0.1, -0.05) is 37.3 Å². The number of alkyl halides is 3. The Morgan fingerprint density at radius 2 is 1.81 bits per heavy atom. The highest BCUT2D eigenvalue weighted by atomic mass is 19.4. The summed E-state index contributed by atoms with van der Waals surface area (Å²) in [6.07, 6.45) is -1.54. The minimum absolute atomic E-state index is 0.00314. The molecule has 0 aliphatic carbocycles. The van der Waals surface area contributed by atoms with Gasteiger partial charge in [0.05, 0.1) is 11.3 Å². The molecule has 0 unspecified atom stereocenters. The molecule has 9 heteroatoms. The Morgan fingerprint density at radius 3 is 2.53 bits per heavy atom. The number of ether oxygens (including phenoxy) is 1. The monoisotopic (exact) mass is 444 g/mol. The highest BCUT2D eigenvalue weighted by molar-refractivity contribution is 6.10. The van der Waals surface area contributed by atoms with E-state index in [1.54, 1.807) is 18.3 Å². The molecule has 0 saturated heterocycles. The summed E-state index contributed by atoms with van der Waals surface area (Å²) >= 11 is 0. The van der Waals surface area contributed by atoms with Gasteiger partial charge in [-0.3, -0.25) is 9.59 Å². The quantitative estimate of drug-likeness (QED) is 0.295. The van der Waals surface area contributed by atoms with Crippen molar-refractivity contribution >= 4 is 34.1 Å². The van der Waals surface area contributed by atoms with Crippen molar-refractivity contribution in [3.63, 3.8) is 0 Å². The predicted molar refractivity (Wildman–Crippen MR) is 113 cm³/mol. The molecule has 1 aromatic heterocycles. The Morgan fingerprint density at radius 1 is 1.06 bits per heavy atom.